The number of hydrogen-bond donors (Lipinski definition) is 2. The number of hydrogen-bond acceptors (Lipinski definition) is 7. The number of nitrogens with zero attached hydrogens (tertiary/aromatic N) is 4. The predicted molar refractivity (Wildman–Crippen MR) is 93.4 cm³/mol. The van der Waals surface area contributed by atoms with E-state index in [1.54, 1.807) is 0 Å². The van der Waals surface area contributed by atoms with Crippen molar-refractivity contribution in [1.29, 1.82) is 0 Å². The van der Waals surface area contributed by atoms with Gasteiger partial charge in [0.2, 0.25) is 5.88 Å². The van der Waals surface area contributed by atoms with E-state index in [0.717, 1.165) is 26.2 Å². The van der Waals surface area contributed by atoms with Crippen LogP contribution >= 0.6 is 0 Å². The first-order valence-corrected chi connectivity index (χ1v) is 8.10. The standard InChI is InChI=1S/C17H23N5O2/c1-13-2-4-14(5-3-13)24-17-15(18)16(19-12-20-17)22-8-6-21(7-9-22)10-11-23/h2-5,12,23H,6-11,18H2,1H3. The summed E-state index contributed by atoms with van der Waals surface area (Å²) >= 11 is 0. The summed E-state index contributed by atoms with van der Waals surface area (Å²) in [5.41, 5.74) is 7.86. The molecule has 7 nitrogen and oxygen atoms in total. The zero-order valence-corrected chi connectivity index (χ0v) is 13.9. The molecule has 3 N–H and O–H groups in total. The summed E-state index contributed by atoms with van der Waals surface area (Å²) in [6.07, 6.45) is 1.48. The Bertz CT molecular complexity index is 669. The normalized spacial score (nSPS) is 15.5. The Balaban J connectivity index is 1.73. The van der Waals surface area contributed by atoms with Crippen LogP contribution in [-0.2, 0) is 0 Å². The molecule has 0 amide bonds. The number of ether oxygens (including phenoxy) is 1. The fourth-order valence-corrected chi connectivity index (χ4v) is 2.75. The van der Waals surface area contributed by atoms with E-state index in [4.69, 9.17) is 15.6 Å². The first-order chi connectivity index (χ1) is 11.7. The number of aryl methyl sites for hydroxylation is 1. The van der Waals surface area contributed by atoms with E-state index in [1.807, 2.05) is 31.2 Å². The topological polar surface area (TPSA) is 87.7 Å². The lowest BCUT2D eigenvalue weighted by atomic mass is 10.2. The Hall–Kier alpha value is -2.38. The van der Waals surface area contributed by atoms with Gasteiger partial charge in [-0.25, -0.2) is 4.98 Å². The van der Waals surface area contributed by atoms with Crippen molar-refractivity contribution in [2.75, 3.05) is 50.0 Å². The van der Waals surface area contributed by atoms with E-state index in [9.17, 15) is 0 Å². The molecule has 1 aromatic heterocycles. The molecule has 3 rings (SSSR count). The molecule has 0 unspecified atom stereocenters. The Labute approximate surface area is 141 Å². The molecule has 0 atom stereocenters. The summed E-state index contributed by atoms with van der Waals surface area (Å²) in [6.45, 7) is 6.28. The van der Waals surface area contributed by atoms with Crippen molar-refractivity contribution in [3.8, 4) is 11.6 Å². The van der Waals surface area contributed by atoms with E-state index in [1.165, 1.54) is 11.9 Å². The zero-order chi connectivity index (χ0) is 16.9. The van der Waals surface area contributed by atoms with Crippen LogP contribution in [0.15, 0.2) is 30.6 Å². The summed E-state index contributed by atoms with van der Waals surface area (Å²) in [7, 11) is 0. The van der Waals surface area contributed by atoms with Crippen LogP contribution in [0.25, 0.3) is 0 Å². The molecule has 1 aliphatic heterocycles. The van der Waals surface area contributed by atoms with Crippen LogP contribution in [0.4, 0.5) is 11.5 Å². The quantitative estimate of drug-likeness (QED) is 0.854. The lowest BCUT2D eigenvalue weighted by molar-refractivity contribution is 0.188. The molecule has 2 aromatic rings. The molecule has 1 fully saturated rings. The number of aliphatic hydroxyl groups is 1. The average molecular weight is 329 g/mol. The van der Waals surface area contributed by atoms with Crippen molar-refractivity contribution in [2.45, 2.75) is 6.92 Å². The smallest absolute Gasteiger partial charge is 0.248 e. The number of aliphatic hydroxyl groups excluding tert-OH is 1. The summed E-state index contributed by atoms with van der Waals surface area (Å²) in [4.78, 5) is 12.9. The molecule has 2 heterocycles. The van der Waals surface area contributed by atoms with Crippen LogP contribution in [0.5, 0.6) is 11.6 Å². The summed E-state index contributed by atoms with van der Waals surface area (Å²) in [5.74, 6) is 1.78. The molecule has 0 bridgehead atoms. The number of nitrogen functional groups attached to an aromatic ring is 1. The van der Waals surface area contributed by atoms with Gasteiger partial charge in [0, 0.05) is 32.7 Å². The van der Waals surface area contributed by atoms with Crippen LogP contribution < -0.4 is 15.4 Å². The number of β-amino-alcohol motifs (C(OH)–C–C–N with tert-alkyl or cyclic N) is 1. The highest BCUT2D eigenvalue weighted by molar-refractivity contribution is 5.68. The Morgan fingerprint density at radius 1 is 1.12 bits per heavy atom. The molecule has 1 aromatic carbocycles. The van der Waals surface area contributed by atoms with Gasteiger partial charge in [-0.3, -0.25) is 4.90 Å². The molecule has 0 aliphatic carbocycles. The first-order valence-electron chi connectivity index (χ1n) is 8.10. The van der Waals surface area contributed by atoms with E-state index in [0.29, 0.717) is 29.7 Å². The zero-order valence-electron chi connectivity index (χ0n) is 13.9. The third-order valence-corrected chi connectivity index (χ3v) is 4.15. The molecular weight excluding hydrogens is 306 g/mol. The fourth-order valence-electron chi connectivity index (χ4n) is 2.75. The third kappa shape index (κ3) is 3.74. The van der Waals surface area contributed by atoms with Crippen LogP contribution in [-0.4, -0.2) is 59.3 Å². The van der Waals surface area contributed by atoms with Crippen molar-refractivity contribution in [2.24, 2.45) is 0 Å². The Morgan fingerprint density at radius 2 is 1.83 bits per heavy atom. The monoisotopic (exact) mass is 329 g/mol. The van der Waals surface area contributed by atoms with Crippen LogP contribution in [0, 0.1) is 6.92 Å². The van der Waals surface area contributed by atoms with Gasteiger partial charge in [0.1, 0.15) is 17.8 Å². The highest BCUT2D eigenvalue weighted by Crippen LogP contribution is 2.31. The molecular formula is C17H23N5O2. The van der Waals surface area contributed by atoms with Crippen LogP contribution in [0.1, 0.15) is 5.56 Å². The van der Waals surface area contributed by atoms with E-state index in [-0.39, 0.29) is 6.61 Å². The SMILES string of the molecule is Cc1ccc(Oc2ncnc(N3CCN(CCO)CC3)c2N)cc1. The second kappa shape index (κ2) is 7.46. The summed E-state index contributed by atoms with van der Waals surface area (Å²) in [6, 6.07) is 7.75. The number of aromatic nitrogens is 2. The lowest BCUT2D eigenvalue weighted by Crippen LogP contribution is -2.47. The molecule has 128 valence electrons. The average Bonchev–Trinajstić information content (AvgIpc) is 2.60. The van der Waals surface area contributed by atoms with Gasteiger partial charge in [-0.1, -0.05) is 17.7 Å². The minimum absolute atomic E-state index is 0.185. The minimum atomic E-state index is 0.185. The van der Waals surface area contributed by atoms with Crippen molar-refractivity contribution in [3.63, 3.8) is 0 Å². The van der Waals surface area contributed by atoms with Crippen LogP contribution in [0.3, 0.4) is 0 Å². The van der Waals surface area contributed by atoms with Gasteiger partial charge >= 0.3 is 0 Å². The number of anilines is 2. The van der Waals surface area contributed by atoms with Crippen molar-refractivity contribution >= 4 is 11.5 Å². The maximum Gasteiger partial charge on any atom is 0.248 e. The molecule has 0 saturated carbocycles. The molecule has 7 heteroatoms. The largest absolute Gasteiger partial charge is 0.437 e. The molecule has 24 heavy (non-hydrogen) atoms. The minimum Gasteiger partial charge on any atom is -0.437 e. The summed E-state index contributed by atoms with van der Waals surface area (Å²) in [5, 5.41) is 9.03. The number of rotatable bonds is 5. The Kier molecular flexibility index (Phi) is 5.12. The fraction of sp³-hybridized carbons (Fsp3) is 0.412. The van der Waals surface area contributed by atoms with Gasteiger partial charge in [-0.15, -0.1) is 0 Å². The van der Waals surface area contributed by atoms with Crippen molar-refractivity contribution in [3.05, 3.63) is 36.2 Å². The third-order valence-electron chi connectivity index (χ3n) is 4.15. The maximum atomic E-state index is 9.03. The maximum absolute atomic E-state index is 9.03. The molecule has 1 aliphatic rings. The highest BCUT2D eigenvalue weighted by atomic mass is 16.5. The van der Waals surface area contributed by atoms with Crippen molar-refractivity contribution < 1.29 is 9.84 Å². The summed E-state index contributed by atoms with van der Waals surface area (Å²) < 4.78 is 5.81. The second-order valence-electron chi connectivity index (χ2n) is 5.88. The van der Waals surface area contributed by atoms with E-state index >= 15 is 0 Å². The second-order valence-corrected chi connectivity index (χ2v) is 5.88. The van der Waals surface area contributed by atoms with E-state index < -0.39 is 0 Å². The van der Waals surface area contributed by atoms with Gasteiger partial charge in [-0.05, 0) is 19.1 Å². The van der Waals surface area contributed by atoms with Crippen molar-refractivity contribution in [1.82, 2.24) is 14.9 Å². The Morgan fingerprint density at radius 3 is 2.50 bits per heavy atom. The van der Waals surface area contributed by atoms with Gasteiger partial charge in [0.25, 0.3) is 0 Å². The highest BCUT2D eigenvalue weighted by Gasteiger charge is 2.21. The molecule has 1 saturated heterocycles. The lowest BCUT2D eigenvalue weighted by Gasteiger charge is -2.35. The molecule has 0 spiro atoms. The first kappa shape index (κ1) is 16.5. The van der Waals surface area contributed by atoms with Crippen LogP contribution in [0.2, 0.25) is 0 Å². The molecule has 0 radical (unpaired) electrons. The van der Waals surface area contributed by atoms with Gasteiger partial charge in [0.15, 0.2) is 5.82 Å². The number of piperazine rings is 1. The predicted octanol–water partition coefficient (Wildman–Crippen LogP) is 1.27. The van der Waals surface area contributed by atoms with Gasteiger partial charge in [-0.2, -0.15) is 4.98 Å². The van der Waals surface area contributed by atoms with E-state index in [2.05, 4.69) is 19.8 Å². The number of nitrogens with two attached hydrogens (primary N) is 1. The van der Waals surface area contributed by atoms with Gasteiger partial charge in [0.05, 0.1) is 6.61 Å². The van der Waals surface area contributed by atoms with Gasteiger partial charge < -0.3 is 20.5 Å². The number of benzene rings is 1.